The maximum atomic E-state index is 12.4. The second-order valence-corrected chi connectivity index (χ2v) is 5.79. The van der Waals surface area contributed by atoms with Crippen LogP contribution >= 0.6 is 12.4 Å². The Morgan fingerprint density at radius 1 is 1.50 bits per heavy atom. The van der Waals surface area contributed by atoms with Crippen LogP contribution in [0.15, 0.2) is 12.1 Å². The quantitative estimate of drug-likeness (QED) is 0.829. The maximum absolute atomic E-state index is 12.4. The highest BCUT2D eigenvalue weighted by Crippen LogP contribution is 2.32. The lowest BCUT2D eigenvalue weighted by Gasteiger charge is -2.23. The summed E-state index contributed by atoms with van der Waals surface area (Å²) in [6, 6.07) is 4.06. The van der Waals surface area contributed by atoms with Gasteiger partial charge in [0.1, 0.15) is 5.75 Å². The number of likely N-dealkylation sites (tertiary alicyclic amines) is 1. The van der Waals surface area contributed by atoms with E-state index in [1.807, 2.05) is 6.07 Å². The van der Waals surface area contributed by atoms with Gasteiger partial charge in [0.15, 0.2) is 0 Å². The molecule has 5 nitrogen and oxygen atoms in total. The number of hydrogen-bond acceptors (Lipinski definition) is 4. The summed E-state index contributed by atoms with van der Waals surface area (Å²) in [6.45, 7) is 5.66. The number of carbonyl (C=O) groups is 1. The number of hydrogen-bond donors (Lipinski definition) is 2. The molecule has 1 aromatic carbocycles. The molecule has 0 aromatic heterocycles. The zero-order valence-electron chi connectivity index (χ0n) is 12.9. The summed E-state index contributed by atoms with van der Waals surface area (Å²) < 4.78 is 5.59. The predicted octanol–water partition coefficient (Wildman–Crippen LogP) is 1.84. The molecule has 1 unspecified atom stereocenters. The number of benzene rings is 1. The molecule has 0 saturated carbocycles. The lowest BCUT2D eigenvalue weighted by molar-refractivity contribution is 0.0938. The number of nitrogen functional groups attached to an aromatic ring is 1. The van der Waals surface area contributed by atoms with E-state index in [1.165, 1.54) is 6.42 Å². The van der Waals surface area contributed by atoms with E-state index in [1.54, 1.807) is 6.07 Å². The molecule has 1 atom stereocenters. The van der Waals surface area contributed by atoms with Crippen molar-refractivity contribution in [1.82, 2.24) is 10.2 Å². The highest BCUT2D eigenvalue weighted by molar-refractivity contribution is 5.98. The molecule has 2 aliphatic heterocycles. The zero-order valence-corrected chi connectivity index (χ0v) is 13.7. The number of nitrogens with one attached hydrogen (secondary N) is 1. The van der Waals surface area contributed by atoms with Crippen LogP contribution in [0.25, 0.3) is 0 Å². The van der Waals surface area contributed by atoms with E-state index < -0.39 is 0 Å². The molecule has 0 spiro atoms. The van der Waals surface area contributed by atoms with Crippen molar-refractivity contribution >= 4 is 24.0 Å². The van der Waals surface area contributed by atoms with Gasteiger partial charge in [0.25, 0.3) is 5.91 Å². The number of nitrogens with zero attached hydrogens (tertiary/aromatic N) is 1. The molecule has 22 heavy (non-hydrogen) atoms. The van der Waals surface area contributed by atoms with Gasteiger partial charge in [-0.05, 0) is 38.1 Å². The first-order valence-corrected chi connectivity index (χ1v) is 7.76. The van der Waals surface area contributed by atoms with Gasteiger partial charge in [0, 0.05) is 30.3 Å². The van der Waals surface area contributed by atoms with Gasteiger partial charge in [-0.15, -0.1) is 12.4 Å². The minimum Gasteiger partial charge on any atom is -0.492 e. The number of amides is 1. The highest BCUT2D eigenvalue weighted by atomic mass is 35.5. The van der Waals surface area contributed by atoms with Crippen LogP contribution in [0.5, 0.6) is 5.75 Å². The molecule has 0 bridgehead atoms. The normalized spacial score (nSPS) is 20.1. The maximum Gasteiger partial charge on any atom is 0.255 e. The molecule has 122 valence electrons. The summed E-state index contributed by atoms with van der Waals surface area (Å²) in [6.07, 6.45) is 3.19. The first-order valence-electron chi connectivity index (χ1n) is 7.76. The third kappa shape index (κ3) is 3.31. The standard InChI is InChI=1S/C16H23N3O2.ClH/c1-2-19-6-3-4-13(19)10-18-16(20)14-9-12(17)8-11-5-7-21-15(11)14;/h8-9,13H,2-7,10,17H2,1H3,(H,18,20);1H. The summed E-state index contributed by atoms with van der Waals surface area (Å²) in [4.78, 5) is 14.9. The van der Waals surface area contributed by atoms with Gasteiger partial charge in [0.05, 0.1) is 12.2 Å². The minimum absolute atomic E-state index is 0. The fourth-order valence-corrected chi connectivity index (χ4v) is 3.35. The van der Waals surface area contributed by atoms with Gasteiger partial charge in [-0.3, -0.25) is 9.69 Å². The van der Waals surface area contributed by atoms with Crippen LogP contribution in [0.4, 0.5) is 5.69 Å². The van der Waals surface area contributed by atoms with Gasteiger partial charge in [-0.25, -0.2) is 0 Å². The van der Waals surface area contributed by atoms with Crippen molar-refractivity contribution in [3.8, 4) is 5.75 Å². The number of nitrogens with two attached hydrogens (primary N) is 1. The average molecular weight is 326 g/mol. The van der Waals surface area contributed by atoms with Gasteiger partial charge < -0.3 is 15.8 Å². The topological polar surface area (TPSA) is 67.6 Å². The van der Waals surface area contributed by atoms with Crippen molar-refractivity contribution in [2.75, 3.05) is 32.0 Å². The van der Waals surface area contributed by atoms with Crippen molar-refractivity contribution < 1.29 is 9.53 Å². The molecule has 2 aliphatic rings. The van der Waals surface area contributed by atoms with E-state index in [0.29, 0.717) is 36.2 Å². The minimum atomic E-state index is -0.0802. The summed E-state index contributed by atoms with van der Waals surface area (Å²) in [7, 11) is 0. The van der Waals surface area contributed by atoms with Gasteiger partial charge in [-0.1, -0.05) is 6.92 Å². The summed E-state index contributed by atoms with van der Waals surface area (Å²) in [5.74, 6) is 0.629. The van der Waals surface area contributed by atoms with E-state index >= 15 is 0 Å². The van der Waals surface area contributed by atoms with E-state index in [9.17, 15) is 4.79 Å². The molecule has 6 heteroatoms. The molecule has 0 radical (unpaired) electrons. The number of anilines is 1. The van der Waals surface area contributed by atoms with Crippen LogP contribution in [0, 0.1) is 0 Å². The first-order chi connectivity index (χ1) is 10.2. The Morgan fingerprint density at radius 2 is 2.32 bits per heavy atom. The van der Waals surface area contributed by atoms with Crippen LogP contribution in [0.1, 0.15) is 35.7 Å². The number of carbonyl (C=O) groups excluding carboxylic acids is 1. The smallest absolute Gasteiger partial charge is 0.255 e. The molecule has 2 heterocycles. The lowest BCUT2D eigenvalue weighted by atomic mass is 10.1. The molecule has 0 aliphatic carbocycles. The van der Waals surface area contributed by atoms with E-state index in [0.717, 1.165) is 31.5 Å². The van der Waals surface area contributed by atoms with E-state index in [4.69, 9.17) is 10.5 Å². The van der Waals surface area contributed by atoms with Crippen molar-refractivity contribution in [2.24, 2.45) is 0 Å². The van der Waals surface area contributed by atoms with Crippen LogP contribution in [-0.2, 0) is 6.42 Å². The molecule has 1 aromatic rings. The lowest BCUT2D eigenvalue weighted by Crippen LogP contribution is -2.40. The Labute approximate surface area is 137 Å². The molecular weight excluding hydrogens is 302 g/mol. The third-order valence-electron chi connectivity index (χ3n) is 4.45. The summed E-state index contributed by atoms with van der Waals surface area (Å²) in [5.41, 5.74) is 8.12. The largest absolute Gasteiger partial charge is 0.492 e. The predicted molar refractivity (Wildman–Crippen MR) is 89.9 cm³/mol. The van der Waals surface area contributed by atoms with Gasteiger partial charge in [0.2, 0.25) is 0 Å². The van der Waals surface area contributed by atoms with Crippen LogP contribution in [0.2, 0.25) is 0 Å². The number of rotatable bonds is 4. The zero-order chi connectivity index (χ0) is 14.8. The molecule has 1 fully saturated rings. The second kappa shape index (κ2) is 7.20. The SMILES string of the molecule is CCN1CCCC1CNC(=O)c1cc(N)cc2c1OCC2.Cl. The molecule has 3 N–H and O–H groups in total. The first kappa shape index (κ1) is 16.9. The van der Waals surface area contributed by atoms with Gasteiger partial charge in [-0.2, -0.15) is 0 Å². The van der Waals surface area contributed by atoms with Crippen LogP contribution in [0.3, 0.4) is 0 Å². The number of likely N-dealkylation sites (N-methyl/N-ethyl adjacent to an activating group) is 1. The van der Waals surface area contributed by atoms with E-state index in [2.05, 4.69) is 17.1 Å². The van der Waals surface area contributed by atoms with Crippen molar-refractivity contribution in [3.63, 3.8) is 0 Å². The van der Waals surface area contributed by atoms with Crippen molar-refractivity contribution in [2.45, 2.75) is 32.2 Å². The van der Waals surface area contributed by atoms with E-state index in [-0.39, 0.29) is 18.3 Å². The van der Waals surface area contributed by atoms with Crippen molar-refractivity contribution in [3.05, 3.63) is 23.3 Å². The second-order valence-electron chi connectivity index (χ2n) is 5.79. The molecule has 1 saturated heterocycles. The molecular formula is C16H24ClN3O2. The monoisotopic (exact) mass is 325 g/mol. The Hall–Kier alpha value is -1.46. The number of fused-ring (bicyclic) bond motifs is 1. The van der Waals surface area contributed by atoms with Crippen LogP contribution < -0.4 is 15.8 Å². The van der Waals surface area contributed by atoms with Gasteiger partial charge >= 0.3 is 0 Å². The average Bonchev–Trinajstić information content (AvgIpc) is 3.11. The number of halogens is 1. The summed E-state index contributed by atoms with van der Waals surface area (Å²) in [5, 5.41) is 3.05. The highest BCUT2D eigenvalue weighted by Gasteiger charge is 2.25. The Bertz CT molecular complexity index is 550. The Balaban J connectivity index is 0.00000176. The third-order valence-corrected chi connectivity index (χ3v) is 4.45. The Kier molecular flexibility index (Phi) is 5.53. The number of ether oxygens (including phenoxy) is 1. The molecule has 1 amide bonds. The fourth-order valence-electron chi connectivity index (χ4n) is 3.35. The molecule has 3 rings (SSSR count). The van der Waals surface area contributed by atoms with Crippen molar-refractivity contribution in [1.29, 1.82) is 0 Å². The van der Waals surface area contributed by atoms with Crippen LogP contribution in [-0.4, -0.2) is 43.1 Å². The Morgan fingerprint density at radius 3 is 3.09 bits per heavy atom. The summed E-state index contributed by atoms with van der Waals surface area (Å²) >= 11 is 0. The fraction of sp³-hybridized carbons (Fsp3) is 0.562.